The number of carbonyl (C=O) groups excluding carboxylic acids is 2. The van der Waals surface area contributed by atoms with Gasteiger partial charge in [0.25, 0.3) is 0 Å². The second-order valence-corrected chi connectivity index (χ2v) is 8.39. The van der Waals surface area contributed by atoms with Gasteiger partial charge in [-0.1, -0.05) is 12.1 Å². The van der Waals surface area contributed by atoms with Gasteiger partial charge in [0, 0.05) is 41.3 Å². The Morgan fingerprint density at radius 3 is 2.19 bits per heavy atom. The highest BCUT2D eigenvalue weighted by atomic mass is 16.5. The van der Waals surface area contributed by atoms with Gasteiger partial charge < -0.3 is 14.2 Å². The molecule has 0 radical (unpaired) electrons. The van der Waals surface area contributed by atoms with E-state index in [-0.39, 0.29) is 24.0 Å². The standard InChI is InChI=1S/C26H29NO5/c1-15-11-16(2)13-17(12-15)27-20-7-6-8-21(28)24(20)19(14-23(27)29)18-9-10-22(30-3)26(32-5)25(18)31-4/h9-13,19H,6-8,14H2,1-5H3. The molecule has 1 amide bonds. The fourth-order valence-electron chi connectivity index (χ4n) is 5.04. The molecule has 2 aromatic carbocycles. The van der Waals surface area contributed by atoms with Crippen LogP contribution in [0.1, 0.15) is 48.3 Å². The number of methoxy groups -OCH3 is 3. The van der Waals surface area contributed by atoms with Gasteiger partial charge in [-0.05, 0) is 56.0 Å². The van der Waals surface area contributed by atoms with Crippen LogP contribution in [-0.4, -0.2) is 33.0 Å². The van der Waals surface area contributed by atoms with Crippen LogP contribution in [0.5, 0.6) is 17.2 Å². The number of anilines is 1. The first-order valence-electron chi connectivity index (χ1n) is 10.9. The predicted molar refractivity (Wildman–Crippen MR) is 123 cm³/mol. The summed E-state index contributed by atoms with van der Waals surface area (Å²) in [6.45, 7) is 4.03. The lowest BCUT2D eigenvalue weighted by Gasteiger charge is -2.39. The molecule has 1 unspecified atom stereocenters. The lowest BCUT2D eigenvalue weighted by Crippen LogP contribution is -2.40. The zero-order chi connectivity index (χ0) is 23.0. The maximum atomic E-state index is 13.5. The fourth-order valence-corrected chi connectivity index (χ4v) is 5.04. The molecule has 1 aliphatic carbocycles. The average molecular weight is 436 g/mol. The van der Waals surface area contributed by atoms with E-state index in [0.29, 0.717) is 35.7 Å². The van der Waals surface area contributed by atoms with Gasteiger partial charge in [-0.2, -0.15) is 0 Å². The molecule has 0 saturated heterocycles. The first-order valence-corrected chi connectivity index (χ1v) is 10.9. The van der Waals surface area contributed by atoms with Crippen molar-refractivity contribution in [1.29, 1.82) is 0 Å². The largest absolute Gasteiger partial charge is 0.493 e. The van der Waals surface area contributed by atoms with Crippen molar-refractivity contribution in [2.24, 2.45) is 0 Å². The van der Waals surface area contributed by atoms with Crippen molar-refractivity contribution in [2.45, 2.75) is 45.4 Å². The van der Waals surface area contributed by atoms with Gasteiger partial charge in [-0.25, -0.2) is 0 Å². The number of rotatable bonds is 5. The van der Waals surface area contributed by atoms with Crippen LogP contribution in [0.25, 0.3) is 0 Å². The third-order valence-corrected chi connectivity index (χ3v) is 6.25. The minimum atomic E-state index is -0.387. The highest BCUT2D eigenvalue weighted by molar-refractivity contribution is 6.07. The highest BCUT2D eigenvalue weighted by Gasteiger charge is 2.41. The molecule has 0 fully saturated rings. The normalized spacial score (nSPS) is 18.5. The summed E-state index contributed by atoms with van der Waals surface area (Å²) in [7, 11) is 4.67. The second kappa shape index (κ2) is 8.69. The Labute approximate surface area is 188 Å². The SMILES string of the molecule is COc1ccc(C2CC(=O)N(c3cc(C)cc(C)c3)C3=C2C(=O)CCC3)c(OC)c1OC. The molecule has 0 aromatic heterocycles. The molecule has 4 rings (SSSR count). The molecule has 32 heavy (non-hydrogen) atoms. The summed E-state index contributed by atoms with van der Waals surface area (Å²) in [5.41, 5.74) is 5.28. The van der Waals surface area contributed by atoms with Crippen molar-refractivity contribution in [2.75, 3.05) is 26.2 Å². The summed E-state index contributed by atoms with van der Waals surface area (Å²) in [5, 5.41) is 0. The van der Waals surface area contributed by atoms with Crippen LogP contribution in [0, 0.1) is 13.8 Å². The Hall–Kier alpha value is -3.28. The molecule has 6 heteroatoms. The fraction of sp³-hybridized carbons (Fsp3) is 0.385. The summed E-state index contributed by atoms with van der Waals surface area (Å²) >= 11 is 0. The van der Waals surface area contributed by atoms with Crippen LogP contribution in [0.3, 0.4) is 0 Å². The number of allylic oxidation sites excluding steroid dienone is 2. The van der Waals surface area contributed by atoms with Crippen molar-refractivity contribution in [3.05, 3.63) is 58.3 Å². The molecule has 0 spiro atoms. The van der Waals surface area contributed by atoms with E-state index in [1.165, 1.54) is 0 Å². The third-order valence-electron chi connectivity index (χ3n) is 6.25. The summed E-state index contributed by atoms with van der Waals surface area (Å²) < 4.78 is 16.7. The number of amides is 1. The van der Waals surface area contributed by atoms with E-state index in [0.717, 1.165) is 34.5 Å². The van der Waals surface area contributed by atoms with Crippen LogP contribution in [-0.2, 0) is 9.59 Å². The molecule has 1 aliphatic heterocycles. The Morgan fingerprint density at radius 1 is 0.875 bits per heavy atom. The molecule has 2 aromatic rings. The first-order chi connectivity index (χ1) is 15.4. The van der Waals surface area contributed by atoms with Gasteiger partial charge in [-0.15, -0.1) is 0 Å². The zero-order valence-electron chi connectivity index (χ0n) is 19.3. The van der Waals surface area contributed by atoms with Gasteiger partial charge in [0.2, 0.25) is 11.7 Å². The molecule has 0 saturated carbocycles. The molecule has 1 atom stereocenters. The van der Waals surface area contributed by atoms with E-state index in [2.05, 4.69) is 6.07 Å². The van der Waals surface area contributed by atoms with Crippen LogP contribution in [0.15, 0.2) is 41.6 Å². The topological polar surface area (TPSA) is 65.1 Å². The van der Waals surface area contributed by atoms with Gasteiger partial charge in [0.05, 0.1) is 21.3 Å². The highest BCUT2D eigenvalue weighted by Crippen LogP contribution is 2.49. The molecular formula is C26H29NO5. The van der Waals surface area contributed by atoms with Gasteiger partial charge >= 0.3 is 0 Å². The van der Waals surface area contributed by atoms with Crippen LogP contribution in [0.4, 0.5) is 5.69 Å². The molecule has 168 valence electrons. The van der Waals surface area contributed by atoms with Gasteiger partial charge in [0.15, 0.2) is 17.3 Å². The second-order valence-electron chi connectivity index (χ2n) is 8.39. The zero-order valence-corrected chi connectivity index (χ0v) is 19.3. The Kier molecular flexibility index (Phi) is 5.96. The molecule has 1 heterocycles. The van der Waals surface area contributed by atoms with E-state index >= 15 is 0 Å². The quantitative estimate of drug-likeness (QED) is 0.671. The Morgan fingerprint density at radius 2 is 1.56 bits per heavy atom. The van der Waals surface area contributed by atoms with Crippen molar-refractivity contribution >= 4 is 17.4 Å². The van der Waals surface area contributed by atoms with Gasteiger partial charge in [0.1, 0.15) is 0 Å². The number of benzene rings is 2. The Balaban J connectivity index is 1.91. The lowest BCUT2D eigenvalue weighted by molar-refractivity contribution is -0.119. The van der Waals surface area contributed by atoms with Crippen molar-refractivity contribution < 1.29 is 23.8 Å². The monoisotopic (exact) mass is 435 g/mol. The van der Waals surface area contributed by atoms with Crippen LogP contribution in [0.2, 0.25) is 0 Å². The maximum absolute atomic E-state index is 13.5. The first kappa shape index (κ1) is 21.9. The number of ketones is 1. The van der Waals surface area contributed by atoms with E-state index in [1.54, 1.807) is 32.3 Å². The number of carbonyl (C=O) groups is 2. The van der Waals surface area contributed by atoms with Crippen molar-refractivity contribution in [3.63, 3.8) is 0 Å². The minimum absolute atomic E-state index is 0.0229. The summed E-state index contributed by atoms with van der Waals surface area (Å²) in [4.78, 5) is 28.5. The number of hydrogen-bond donors (Lipinski definition) is 0. The predicted octanol–water partition coefficient (Wildman–Crippen LogP) is 4.86. The molecular weight excluding hydrogens is 406 g/mol. The van der Waals surface area contributed by atoms with Crippen LogP contribution >= 0.6 is 0 Å². The van der Waals surface area contributed by atoms with E-state index < -0.39 is 0 Å². The van der Waals surface area contributed by atoms with Crippen molar-refractivity contribution in [1.82, 2.24) is 0 Å². The number of ether oxygens (including phenoxy) is 3. The summed E-state index contributed by atoms with van der Waals surface area (Å²) in [6, 6.07) is 9.76. The van der Waals surface area contributed by atoms with E-state index in [9.17, 15) is 9.59 Å². The van der Waals surface area contributed by atoms with E-state index in [1.807, 2.05) is 32.0 Å². The van der Waals surface area contributed by atoms with Gasteiger partial charge in [-0.3, -0.25) is 14.5 Å². The number of aryl methyl sites for hydroxylation is 2. The molecule has 0 bridgehead atoms. The number of hydrogen-bond acceptors (Lipinski definition) is 5. The smallest absolute Gasteiger partial charge is 0.232 e. The Bertz CT molecular complexity index is 1100. The van der Waals surface area contributed by atoms with E-state index in [4.69, 9.17) is 14.2 Å². The molecule has 2 aliphatic rings. The lowest BCUT2D eigenvalue weighted by atomic mass is 9.76. The number of nitrogens with zero attached hydrogens (tertiary/aromatic N) is 1. The third kappa shape index (κ3) is 3.64. The minimum Gasteiger partial charge on any atom is -0.493 e. The molecule has 6 nitrogen and oxygen atoms in total. The number of Topliss-reactive ketones (excluding diaryl/α,β-unsaturated/α-hetero) is 1. The maximum Gasteiger partial charge on any atom is 0.232 e. The van der Waals surface area contributed by atoms with Crippen molar-refractivity contribution in [3.8, 4) is 17.2 Å². The molecule has 0 N–H and O–H groups in total. The average Bonchev–Trinajstić information content (AvgIpc) is 2.76. The van der Waals surface area contributed by atoms with Crippen LogP contribution < -0.4 is 19.1 Å². The summed E-state index contributed by atoms with van der Waals surface area (Å²) in [5.74, 6) is 1.18. The summed E-state index contributed by atoms with van der Waals surface area (Å²) in [6.07, 6.45) is 2.09.